The quantitative estimate of drug-likeness (QED) is 0.489. The number of nitrogens with one attached hydrogen (secondary N) is 1. The van der Waals surface area contributed by atoms with Crippen molar-refractivity contribution in [1.29, 1.82) is 0 Å². The Bertz CT molecular complexity index is 415. The van der Waals surface area contributed by atoms with E-state index in [9.17, 15) is 14.4 Å². The molecule has 2 fully saturated rings. The topological polar surface area (TPSA) is 81.7 Å². The molecule has 2 aliphatic rings. The van der Waals surface area contributed by atoms with Crippen LogP contribution in [0, 0.1) is 11.8 Å². The van der Waals surface area contributed by atoms with Gasteiger partial charge in [0.25, 0.3) is 0 Å². The average molecular weight is 311 g/mol. The summed E-state index contributed by atoms with van der Waals surface area (Å²) in [5, 5.41) is 2.82. The predicted molar refractivity (Wildman–Crippen MR) is 78.8 cm³/mol. The van der Waals surface area contributed by atoms with E-state index in [1.165, 1.54) is 0 Å². The van der Waals surface area contributed by atoms with Crippen molar-refractivity contribution in [3.63, 3.8) is 0 Å². The lowest BCUT2D eigenvalue weighted by Crippen LogP contribution is -2.27. The van der Waals surface area contributed by atoms with Gasteiger partial charge in [0.05, 0.1) is 13.0 Å². The zero-order chi connectivity index (χ0) is 15.9. The second kappa shape index (κ2) is 8.15. The molecule has 1 N–H and O–H groups in total. The molecule has 0 aromatic heterocycles. The third kappa shape index (κ3) is 6.03. The minimum atomic E-state index is -0.354. The summed E-state index contributed by atoms with van der Waals surface area (Å²) < 4.78 is 10.3. The van der Waals surface area contributed by atoms with Crippen molar-refractivity contribution in [3.8, 4) is 0 Å². The van der Waals surface area contributed by atoms with Crippen LogP contribution in [-0.2, 0) is 23.9 Å². The minimum Gasteiger partial charge on any atom is -0.466 e. The number of carbonyl (C=O) groups is 3. The van der Waals surface area contributed by atoms with Gasteiger partial charge >= 0.3 is 11.9 Å². The van der Waals surface area contributed by atoms with Crippen LogP contribution in [0.15, 0.2) is 0 Å². The Kier molecular flexibility index (Phi) is 6.21. The second-order valence-electron chi connectivity index (χ2n) is 6.04. The minimum absolute atomic E-state index is 0.0894. The van der Waals surface area contributed by atoms with Crippen molar-refractivity contribution in [2.75, 3.05) is 13.2 Å². The molecule has 6 heteroatoms. The first kappa shape index (κ1) is 16.8. The second-order valence-corrected chi connectivity index (χ2v) is 6.04. The Morgan fingerprint density at radius 3 is 2.45 bits per heavy atom. The first-order valence-electron chi connectivity index (χ1n) is 8.23. The molecule has 0 aromatic carbocycles. The van der Waals surface area contributed by atoms with Gasteiger partial charge in [0, 0.05) is 18.9 Å². The fourth-order valence-corrected chi connectivity index (χ4v) is 2.32. The third-order valence-corrected chi connectivity index (χ3v) is 3.91. The Morgan fingerprint density at radius 2 is 1.86 bits per heavy atom. The molecule has 1 atom stereocenters. The van der Waals surface area contributed by atoms with Crippen LogP contribution in [0.3, 0.4) is 0 Å². The largest absolute Gasteiger partial charge is 0.466 e. The monoisotopic (exact) mass is 311 g/mol. The fraction of sp³-hybridized carbons (Fsp3) is 0.812. The van der Waals surface area contributed by atoms with Crippen molar-refractivity contribution in [2.24, 2.45) is 11.8 Å². The zero-order valence-corrected chi connectivity index (χ0v) is 13.1. The predicted octanol–water partition coefficient (Wildman–Crippen LogP) is 1.57. The number of carbonyl (C=O) groups excluding carboxylic acids is 3. The van der Waals surface area contributed by atoms with E-state index in [4.69, 9.17) is 9.47 Å². The number of hydrogen-bond acceptors (Lipinski definition) is 5. The highest BCUT2D eigenvalue weighted by atomic mass is 16.6. The molecule has 0 unspecified atom stereocenters. The molecule has 124 valence electrons. The van der Waals surface area contributed by atoms with Crippen LogP contribution in [-0.4, -0.2) is 37.1 Å². The van der Waals surface area contributed by atoms with Crippen molar-refractivity contribution in [1.82, 2.24) is 5.32 Å². The molecular weight excluding hydrogens is 286 g/mol. The van der Waals surface area contributed by atoms with Crippen molar-refractivity contribution in [3.05, 3.63) is 0 Å². The molecule has 0 aromatic rings. The summed E-state index contributed by atoms with van der Waals surface area (Å²) >= 11 is 0. The molecule has 2 aliphatic carbocycles. The number of esters is 2. The Morgan fingerprint density at radius 1 is 1.14 bits per heavy atom. The lowest BCUT2D eigenvalue weighted by atomic mass is 10.1. The van der Waals surface area contributed by atoms with Crippen LogP contribution >= 0.6 is 0 Å². The zero-order valence-electron chi connectivity index (χ0n) is 13.1. The van der Waals surface area contributed by atoms with Gasteiger partial charge in [-0.25, -0.2) is 0 Å². The highest BCUT2D eigenvalue weighted by Gasteiger charge is 2.36. The van der Waals surface area contributed by atoms with Gasteiger partial charge in [-0.2, -0.15) is 0 Å². The molecule has 0 bridgehead atoms. The van der Waals surface area contributed by atoms with E-state index >= 15 is 0 Å². The SMILES string of the molecule is CCOC(=O)C[C@@H](OC(=O)CCCNC(=O)C1CC1)C1CC1. The molecule has 0 heterocycles. The summed E-state index contributed by atoms with van der Waals surface area (Å²) in [6.45, 7) is 2.59. The maximum absolute atomic E-state index is 11.8. The molecule has 0 saturated heterocycles. The first-order valence-corrected chi connectivity index (χ1v) is 8.23. The highest BCUT2D eigenvalue weighted by molar-refractivity contribution is 5.80. The Balaban J connectivity index is 1.60. The third-order valence-electron chi connectivity index (χ3n) is 3.91. The average Bonchev–Trinajstić information content (AvgIpc) is 3.35. The van der Waals surface area contributed by atoms with Crippen LogP contribution < -0.4 is 5.32 Å². The van der Waals surface area contributed by atoms with Gasteiger partial charge in [0.2, 0.25) is 5.91 Å². The van der Waals surface area contributed by atoms with Crippen LogP contribution in [0.1, 0.15) is 51.9 Å². The molecule has 2 rings (SSSR count). The van der Waals surface area contributed by atoms with E-state index in [0.29, 0.717) is 25.5 Å². The molecule has 22 heavy (non-hydrogen) atoms. The molecular formula is C16H25NO5. The van der Waals surface area contributed by atoms with Crippen LogP contribution in [0.2, 0.25) is 0 Å². The first-order chi connectivity index (χ1) is 10.6. The van der Waals surface area contributed by atoms with E-state index in [1.807, 2.05) is 0 Å². The van der Waals surface area contributed by atoms with Gasteiger partial charge < -0.3 is 14.8 Å². The number of hydrogen-bond donors (Lipinski definition) is 1. The number of rotatable bonds is 10. The summed E-state index contributed by atoms with van der Waals surface area (Å²) in [6, 6.07) is 0. The maximum atomic E-state index is 11.8. The van der Waals surface area contributed by atoms with Crippen molar-refractivity contribution >= 4 is 17.8 Å². The van der Waals surface area contributed by atoms with Gasteiger partial charge in [0.1, 0.15) is 6.10 Å². The smallest absolute Gasteiger partial charge is 0.309 e. The standard InChI is InChI=1S/C16H25NO5/c1-2-21-15(19)10-13(11-5-6-11)22-14(18)4-3-9-17-16(20)12-7-8-12/h11-13H,2-10H2,1H3,(H,17,20)/t13-/m1/s1. The highest BCUT2D eigenvalue weighted by Crippen LogP contribution is 2.36. The van der Waals surface area contributed by atoms with E-state index in [-0.39, 0.29) is 42.7 Å². The summed E-state index contributed by atoms with van der Waals surface area (Å²) in [4.78, 5) is 34.8. The molecule has 2 saturated carbocycles. The number of ether oxygens (including phenoxy) is 2. The van der Waals surface area contributed by atoms with Crippen molar-refractivity contribution < 1.29 is 23.9 Å². The Hall–Kier alpha value is -1.59. The summed E-state index contributed by atoms with van der Waals surface area (Å²) in [5.74, 6) is -0.0454. The van der Waals surface area contributed by atoms with E-state index in [1.54, 1.807) is 6.92 Å². The Labute approximate surface area is 130 Å². The summed E-state index contributed by atoms with van der Waals surface area (Å²) in [5.41, 5.74) is 0. The van der Waals surface area contributed by atoms with Gasteiger partial charge in [-0.15, -0.1) is 0 Å². The van der Waals surface area contributed by atoms with E-state index < -0.39 is 0 Å². The molecule has 0 aliphatic heterocycles. The van der Waals surface area contributed by atoms with E-state index in [2.05, 4.69) is 5.32 Å². The van der Waals surface area contributed by atoms with Gasteiger partial charge in [-0.3, -0.25) is 14.4 Å². The normalized spacial score (nSPS) is 18.4. The number of amides is 1. The molecule has 0 spiro atoms. The lowest BCUT2D eigenvalue weighted by Gasteiger charge is -2.16. The fourth-order valence-electron chi connectivity index (χ4n) is 2.32. The molecule has 1 amide bonds. The van der Waals surface area contributed by atoms with Gasteiger partial charge in [-0.1, -0.05) is 0 Å². The maximum Gasteiger partial charge on any atom is 0.309 e. The summed E-state index contributed by atoms with van der Waals surface area (Å²) in [7, 11) is 0. The van der Waals surface area contributed by atoms with E-state index in [0.717, 1.165) is 25.7 Å². The van der Waals surface area contributed by atoms with Crippen LogP contribution in [0.5, 0.6) is 0 Å². The lowest BCUT2D eigenvalue weighted by molar-refractivity contribution is -0.156. The summed E-state index contributed by atoms with van der Waals surface area (Å²) in [6.07, 6.45) is 4.56. The van der Waals surface area contributed by atoms with Gasteiger partial charge in [0.15, 0.2) is 0 Å². The molecule has 0 radical (unpaired) electrons. The molecule has 6 nitrogen and oxygen atoms in total. The van der Waals surface area contributed by atoms with Crippen molar-refractivity contribution in [2.45, 2.75) is 58.0 Å². The van der Waals surface area contributed by atoms with Crippen LogP contribution in [0.4, 0.5) is 0 Å². The van der Waals surface area contributed by atoms with Gasteiger partial charge in [-0.05, 0) is 44.9 Å². The van der Waals surface area contributed by atoms with Crippen LogP contribution in [0.25, 0.3) is 0 Å².